The second-order valence-electron chi connectivity index (χ2n) is 5.29. The molecule has 0 aliphatic heterocycles. The Balaban J connectivity index is 2.69. The lowest BCUT2D eigenvalue weighted by atomic mass is 10.2. The molecule has 0 bridgehead atoms. The Morgan fingerprint density at radius 3 is 2.54 bits per heavy atom. The van der Waals surface area contributed by atoms with Crippen LogP contribution >= 0.6 is 23.4 Å². The first-order valence-corrected chi connectivity index (χ1v) is 9.17. The van der Waals surface area contributed by atoms with Crippen molar-refractivity contribution in [2.75, 3.05) is 13.3 Å². The zero-order valence-corrected chi connectivity index (χ0v) is 16.2. The molecule has 128 valence electrons. The maximum absolute atomic E-state index is 5.92. The van der Waals surface area contributed by atoms with Crippen molar-refractivity contribution in [2.24, 2.45) is 10.1 Å². The second-order valence-corrected chi connectivity index (χ2v) is 6.52. The van der Waals surface area contributed by atoms with Crippen LogP contribution in [0.1, 0.15) is 19.4 Å². The van der Waals surface area contributed by atoms with Gasteiger partial charge in [-0.1, -0.05) is 60.2 Å². The van der Waals surface area contributed by atoms with Crippen molar-refractivity contribution in [3.63, 3.8) is 0 Å². The zero-order valence-electron chi connectivity index (χ0n) is 14.6. The number of hydrogen-bond acceptors (Lipinski definition) is 3. The third kappa shape index (κ3) is 8.18. The van der Waals surface area contributed by atoms with Gasteiger partial charge in [-0.2, -0.15) is 5.10 Å². The molecule has 0 fully saturated rings. The molecule has 0 radical (unpaired) electrons. The van der Waals surface area contributed by atoms with Gasteiger partial charge in [0.2, 0.25) is 0 Å². The van der Waals surface area contributed by atoms with Crippen LogP contribution in [0.15, 0.2) is 70.8 Å². The lowest BCUT2D eigenvalue weighted by Gasteiger charge is -2.10. The highest BCUT2D eigenvalue weighted by atomic mass is 35.5. The van der Waals surface area contributed by atoms with Crippen LogP contribution < -0.4 is 0 Å². The van der Waals surface area contributed by atoms with Crippen LogP contribution in [0.4, 0.5) is 0 Å². The van der Waals surface area contributed by atoms with E-state index in [9.17, 15) is 0 Å². The molecule has 0 amide bonds. The summed E-state index contributed by atoms with van der Waals surface area (Å²) in [5.41, 5.74) is 2.06. The monoisotopic (exact) mass is 361 g/mol. The van der Waals surface area contributed by atoms with Crippen LogP contribution in [-0.2, 0) is 0 Å². The molecular formula is C19H24ClN3S. The maximum Gasteiger partial charge on any atom is 0.124 e. The van der Waals surface area contributed by atoms with Gasteiger partial charge in [0, 0.05) is 17.6 Å². The van der Waals surface area contributed by atoms with Crippen molar-refractivity contribution in [1.29, 1.82) is 0 Å². The molecule has 0 saturated carbocycles. The van der Waals surface area contributed by atoms with Crippen LogP contribution in [0.3, 0.4) is 0 Å². The maximum atomic E-state index is 5.92. The lowest BCUT2D eigenvalue weighted by molar-refractivity contribution is 0.559. The first-order valence-electron chi connectivity index (χ1n) is 7.57. The Kier molecular flexibility index (Phi) is 9.20. The Morgan fingerprint density at radius 2 is 1.96 bits per heavy atom. The van der Waals surface area contributed by atoms with Crippen molar-refractivity contribution in [3.8, 4) is 0 Å². The van der Waals surface area contributed by atoms with Gasteiger partial charge >= 0.3 is 0 Å². The summed E-state index contributed by atoms with van der Waals surface area (Å²) in [4.78, 5) is 4.46. The second kappa shape index (κ2) is 10.9. The molecule has 1 rings (SSSR count). The molecule has 1 aromatic carbocycles. The molecule has 0 heterocycles. The van der Waals surface area contributed by atoms with E-state index < -0.39 is 0 Å². The fraction of sp³-hybridized carbons (Fsp3) is 0.263. The highest BCUT2D eigenvalue weighted by Gasteiger charge is 2.03. The molecule has 1 aromatic rings. The quantitative estimate of drug-likeness (QED) is 0.281. The molecular weight excluding hydrogens is 338 g/mol. The fourth-order valence-electron chi connectivity index (χ4n) is 1.67. The molecule has 3 nitrogen and oxygen atoms in total. The first kappa shape index (κ1) is 20.3. The third-order valence-corrected chi connectivity index (χ3v) is 3.84. The normalized spacial score (nSPS) is 14.0. The number of benzene rings is 1. The number of hydrazone groups is 1. The van der Waals surface area contributed by atoms with E-state index in [1.165, 1.54) is 0 Å². The minimum atomic E-state index is 0.0747. The topological polar surface area (TPSA) is 28.0 Å². The molecule has 0 saturated heterocycles. The molecule has 0 aliphatic carbocycles. The van der Waals surface area contributed by atoms with Crippen molar-refractivity contribution >= 4 is 34.7 Å². The minimum absolute atomic E-state index is 0.0747. The molecule has 0 aliphatic rings. The Hall–Kier alpha value is -1.78. The predicted molar refractivity (Wildman–Crippen MR) is 110 cm³/mol. The van der Waals surface area contributed by atoms with Crippen LogP contribution in [0.25, 0.3) is 0 Å². The Morgan fingerprint density at radius 1 is 1.29 bits per heavy atom. The van der Waals surface area contributed by atoms with E-state index in [2.05, 4.69) is 16.7 Å². The summed E-state index contributed by atoms with van der Waals surface area (Å²) in [6.45, 7) is 7.80. The van der Waals surface area contributed by atoms with E-state index in [1.807, 2.05) is 75.7 Å². The third-order valence-electron chi connectivity index (χ3n) is 2.88. The van der Waals surface area contributed by atoms with Gasteiger partial charge in [-0.25, -0.2) is 0 Å². The summed E-state index contributed by atoms with van der Waals surface area (Å²) in [5, 5.41) is 7.90. The predicted octanol–water partition coefficient (Wildman–Crippen LogP) is 5.40. The van der Waals surface area contributed by atoms with Gasteiger partial charge in [0.15, 0.2) is 0 Å². The van der Waals surface area contributed by atoms with E-state index in [0.29, 0.717) is 0 Å². The van der Waals surface area contributed by atoms with Crippen molar-refractivity contribution in [2.45, 2.75) is 19.9 Å². The van der Waals surface area contributed by atoms with Crippen LogP contribution in [0, 0.1) is 0 Å². The van der Waals surface area contributed by atoms with Crippen LogP contribution in [-0.4, -0.2) is 35.7 Å². The molecule has 5 heteroatoms. The average molecular weight is 362 g/mol. The van der Waals surface area contributed by atoms with Gasteiger partial charge in [0.25, 0.3) is 0 Å². The number of hydrogen-bond donors (Lipinski definition) is 0. The van der Waals surface area contributed by atoms with Gasteiger partial charge in [0.05, 0.1) is 6.04 Å². The number of halogens is 1. The van der Waals surface area contributed by atoms with Crippen molar-refractivity contribution in [1.82, 2.24) is 5.01 Å². The van der Waals surface area contributed by atoms with E-state index in [-0.39, 0.29) is 6.04 Å². The van der Waals surface area contributed by atoms with Gasteiger partial charge in [-0.3, -0.25) is 10.0 Å². The van der Waals surface area contributed by atoms with Gasteiger partial charge < -0.3 is 0 Å². The number of aliphatic imine (C=N–C) groups is 1. The summed E-state index contributed by atoms with van der Waals surface area (Å²) in [6.07, 6.45) is 11.6. The first-order chi connectivity index (χ1) is 11.4. The summed E-state index contributed by atoms with van der Waals surface area (Å²) in [7, 11) is 1.87. The lowest BCUT2D eigenvalue weighted by Crippen LogP contribution is -2.13. The van der Waals surface area contributed by atoms with Crippen LogP contribution in [0.2, 0.25) is 5.02 Å². The largest absolute Gasteiger partial charge is 0.267 e. The van der Waals surface area contributed by atoms with Gasteiger partial charge in [0.1, 0.15) is 11.4 Å². The van der Waals surface area contributed by atoms with Gasteiger partial charge in [-0.05, 0) is 32.2 Å². The van der Waals surface area contributed by atoms with E-state index in [4.69, 9.17) is 11.6 Å². The molecule has 0 spiro atoms. The smallest absolute Gasteiger partial charge is 0.124 e. The Bertz CT molecular complexity index is 645. The standard InChI is InChI=1S/C19H24ClN3S/c1-15(2)8-6-7-9-16(3)21-14-23(4)22-19(24-5)17-10-12-18(20)13-11-17/h6-14,16H,1H2,2-5H3/b8-6-,9-7-,21-14?,22-19-. The zero-order chi connectivity index (χ0) is 17.9. The van der Waals surface area contributed by atoms with E-state index in [1.54, 1.807) is 23.1 Å². The molecule has 1 unspecified atom stereocenters. The van der Waals surface area contributed by atoms with E-state index >= 15 is 0 Å². The number of thioether (sulfide) groups is 1. The number of nitrogens with zero attached hydrogens (tertiary/aromatic N) is 3. The average Bonchev–Trinajstić information content (AvgIpc) is 2.55. The SMILES string of the molecule is C=C(C)/C=C\C=C/C(C)N=CN(C)/N=C(\SC)c1ccc(Cl)cc1. The minimum Gasteiger partial charge on any atom is -0.267 e. The summed E-state index contributed by atoms with van der Waals surface area (Å²) in [5.74, 6) is 0. The molecule has 1 atom stereocenters. The summed E-state index contributed by atoms with van der Waals surface area (Å²) in [6, 6.07) is 7.72. The molecule has 24 heavy (non-hydrogen) atoms. The van der Waals surface area contributed by atoms with Gasteiger partial charge in [-0.15, -0.1) is 11.8 Å². The summed E-state index contributed by atoms with van der Waals surface area (Å²) >= 11 is 7.51. The highest BCUT2D eigenvalue weighted by molar-refractivity contribution is 8.13. The highest BCUT2D eigenvalue weighted by Crippen LogP contribution is 2.15. The van der Waals surface area contributed by atoms with E-state index in [0.717, 1.165) is 21.2 Å². The summed E-state index contributed by atoms with van der Waals surface area (Å²) < 4.78 is 0. The van der Waals surface area contributed by atoms with Crippen molar-refractivity contribution < 1.29 is 0 Å². The Labute approximate surface area is 154 Å². The fourth-order valence-corrected chi connectivity index (χ4v) is 2.38. The number of allylic oxidation sites excluding steroid dienone is 4. The van der Waals surface area contributed by atoms with Crippen LogP contribution in [0.5, 0.6) is 0 Å². The molecule has 0 aromatic heterocycles. The van der Waals surface area contributed by atoms with Crippen molar-refractivity contribution in [3.05, 3.63) is 71.3 Å². The molecule has 0 N–H and O–H groups in total. The number of rotatable bonds is 7.